The number of amides is 2. The van der Waals surface area contributed by atoms with Crippen molar-refractivity contribution in [3.8, 4) is 0 Å². The first kappa shape index (κ1) is 22.9. The first-order chi connectivity index (χ1) is 11.7. The molecule has 0 atom stereocenters. The summed E-state index contributed by atoms with van der Waals surface area (Å²) < 4.78 is 0. The van der Waals surface area contributed by atoms with Crippen LogP contribution in [0.1, 0.15) is 104 Å². The topological polar surface area (TPSA) is 58.2 Å². The Balaban J connectivity index is 3.20. The maximum absolute atomic E-state index is 11.5. The molecule has 0 aromatic rings. The largest absolute Gasteiger partial charge is 0.356 e. The molecule has 0 aromatic heterocycles. The lowest BCUT2D eigenvalue weighted by atomic mass is 10.1. The van der Waals surface area contributed by atoms with Crippen LogP contribution in [0.2, 0.25) is 0 Å². The second kappa shape index (κ2) is 18.3. The van der Waals surface area contributed by atoms with Crippen LogP contribution < -0.4 is 10.6 Å². The minimum absolute atomic E-state index is 0.207. The Kier molecular flexibility index (Phi) is 17.5. The molecule has 0 heterocycles. The highest BCUT2D eigenvalue weighted by molar-refractivity contribution is 5.76. The zero-order chi connectivity index (χ0) is 17.9. The highest BCUT2D eigenvalue weighted by atomic mass is 16.2. The molecular formula is C20H40N2O2. The number of hydrogen-bond acceptors (Lipinski definition) is 2. The summed E-state index contributed by atoms with van der Waals surface area (Å²) in [7, 11) is 0. The van der Waals surface area contributed by atoms with Crippen LogP contribution in [0.5, 0.6) is 0 Å². The lowest BCUT2D eigenvalue weighted by Gasteiger charge is -2.06. The van der Waals surface area contributed by atoms with Crippen LogP contribution in [0.25, 0.3) is 0 Å². The second-order valence-corrected chi connectivity index (χ2v) is 6.74. The van der Waals surface area contributed by atoms with E-state index in [1.165, 1.54) is 25.7 Å². The molecule has 0 fully saturated rings. The average molecular weight is 341 g/mol. The van der Waals surface area contributed by atoms with Crippen molar-refractivity contribution in [2.45, 2.75) is 104 Å². The summed E-state index contributed by atoms with van der Waals surface area (Å²) in [6, 6.07) is 0. The Labute approximate surface area is 149 Å². The summed E-state index contributed by atoms with van der Waals surface area (Å²) in [5.74, 6) is 0.413. The average Bonchev–Trinajstić information content (AvgIpc) is 2.57. The molecule has 0 aromatic carbocycles. The van der Waals surface area contributed by atoms with Crippen LogP contribution in [0, 0.1) is 0 Å². The Morgan fingerprint density at radius 2 is 0.917 bits per heavy atom. The van der Waals surface area contributed by atoms with E-state index in [9.17, 15) is 9.59 Å². The van der Waals surface area contributed by atoms with Crippen molar-refractivity contribution in [3.63, 3.8) is 0 Å². The Morgan fingerprint density at radius 3 is 1.29 bits per heavy atom. The van der Waals surface area contributed by atoms with Gasteiger partial charge in [-0.3, -0.25) is 9.59 Å². The first-order valence-corrected chi connectivity index (χ1v) is 10.2. The van der Waals surface area contributed by atoms with E-state index in [2.05, 4.69) is 24.5 Å². The Bertz CT molecular complexity index is 276. The normalized spacial score (nSPS) is 10.6. The van der Waals surface area contributed by atoms with Crippen molar-refractivity contribution in [1.82, 2.24) is 10.6 Å². The Hall–Kier alpha value is -1.06. The van der Waals surface area contributed by atoms with E-state index in [1.807, 2.05) is 0 Å². The third kappa shape index (κ3) is 17.3. The molecular weight excluding hydrogens is 300 g/mol. The van der Waals surface area contributed by atoms with Gasteiger partial charge in [0.2, 0.25) is 11.8 Å². The van der Waals surface area contributed by atoms with Crippen molar-refractivity contribution in [2.24, 2.45) is 0 Å². The van der Waals surface area contributed by atoms with Gasteiger partial charge in [0.15, 0.2) is 0 Å². The van der Waals surface area contributed by atoms with E-state index in [4.69, 9.17) is 0 Å². The van der Waals surface area contributed by atoms with Crippen molar-refractivity contribution >= 4 is 11.8 Å². The van der Waals surface area contributed by atoms with E-state index in [1.54, 1.807) is 0 Å². The molecule has 0 saturated heterocycles. The van der Waals surface area contributed by atoms with Gasteiger partial charge in [0.25, 0.3) is 0 Å². The molecule has 0 bridgehead atoms. The van der Waals surface area contributed by atoms with Crippen LogP contribution >= 0.6 is 0 Å². The van der Waals surface area contributed by atoms with Gasteiger partial charge in [-0.1, -0.05) is 65.2 Å². The molecule has 0 spiro atoms. The molecule has 4 nitrogen and oxygen atoms in total. The van der Waals surface area contributed by atoms with Crippen LogP contribution in [0.3, 0.4) is 0 Å². The van der Waals surface area contributed by atoms with Gasteiger partial charge in [0.1, 0.15) is 0 Å². The minimum atomic E-state index is 0.207. The van der Waals surface area contributed by atoms with Crippen molar-refractivity contribution < 1.29 is 9.59 Å². The lowest BCUT2D eigenvalue weighted by molar-refractivity contribution is -0.122. The number of carbonyl (C=O) groups is 2. The number of hydrogen-bond donors (Lipinski definition) is 2. The van der Waals surface area contributed by atoms with E-state index >= 15 is 0 Å². The summed E-state index contributed by atoms with van der Waals surface area (Å²) >= 11 is 0. The monoisotopic (exact) mass is 340 g/mol. The van der Waals surface area contributed by atoms with Gasteiger partial charge >= 0.3 is 0 Å². The highest BCUT2D eigenvalue weighted by Crippen LogP contribution is 2.05. The molecule has 0 radical (unpaired) electrons. The zero-order valence-electron chi connectivity index (χ0n) is 16.1. The molecule has 2 amide bonds. The van der Waals surface area contributed by atoms with Gasteiger partial charge < -0.3 is 10.6 Å². The second-order valence-electron chi connectivity index (χ2n) is 6.74. The standard InChI is InChI=1S/C20H40N2O2/c1-3-5-11-15-19(23)21-17-13-9-7-8-10-14-18-22-20(24)16-12-6-4-2/h3-18H2,1-2H3,(H,21,23)(H,22,24). The smallest absolute Gasteiger partial charge is 0.219 e. The molecule has 0 aliphatic heterocycles. The molecule has 0 unspecified atom stereocenters. The number of nitrogens with one attached hydrogen (secondary N) is 2. The highest BCUT2D eigenvalue weighted by Gasteiger charge is 2.01. The summed E-state index contributed by atoms with van der Waals surface area (Å²) in [6.07, 6.45) is 14.9. The van der Waals surface area contributed by atoms with E-state index in [-0.39, 0.29) is 11.8 Å². The third-order valence-corrected chi connectivity index (χ3v) is 4.26. The molecule has 2 N–H and O–H groups in total. The van der Waals surface area contributed by atoms with Crippen molar-refractivity contribution in [2.75, 3.05) is 13.1 Å². The van der Waals surface area contributed by atoms with Gasteiger partial charge in [-0.15, -0.1) is 0 Å². The third-order valence-electron chi connectivity index (χ3n) is 4.26. The van der Waals surface area contributed by atoms with Gasteiger partial charge in [-0.25, -0.2) is 0 Å². The Morgan fingerprint density at radius 1 is 0.542 bits per heavy atom. The molecule has 0 saturated carbocycles. The predicted molar refractivity (Wildman–Crippen MR) is 102 cm³/mol. The SMILES string of the molecule is CCCCCC(=O)NCCCCCCCCNC(=O)CCCCC. The van der Waals surface area contributed by atoms with Crippen LogP contribution in [-0.2, 0) is 9.59 Å². The summed E-state index contributed by atoms with van der Waals surface area (Å²) in [5.41, 5.74) is 0. The fraction of sp³-hybridized carbons (Fsp3) is 0.900. The number of rotatable bonds is 17. The van der Waals surface area contributed by atoms with Crippen molar-refractivity contribution in [3.05, 3.63) is 0 Å². The predicted octanol–water partition coefficient (Wildman–Crippen LogP) is 4.72. The molecule has 142 valence electrons. The quantitative estimate of drug-likeness (QED) is 0.376. The summed E-state index contributed by atoms with van der Waals surface area (Å²) in [4.78, 5) is 23.0. The lowest BCUT2D eigenvalue weighted by Crippen LogP contribution is -2.24. The van der Waals surface area contributed by atoms with Crippen LogP contribution in [-0.4, -0.2) is 24.9 Å². The van der Waals surface area contributed by atoms with Crippen molar-refractivity contribution in [1.29, 1.82) is 0 Å². The first-order valence-electron chi connectivity index (χ1n) is 10.2. The van der Waals surface area contributed by atoms with Gasteiger partial charge in [0, 0.05) is 25.9 Å². The fourth-order valence-electron chi connectivity index (χ4n) is 2.66. The van der Waals surface area contributed by atoms with Crippen LogP contribution in [0.4, 0.5) is 0 Å². The zero-order valence-corrected chi connectivity index (χ0v) is 16.1. The van der Waals surface area contributed by atoms with Gasteiger partial charge in [-0.05, 0) is 25.7 Å². The van der Waals surface area contributed by atoms with Gasteiger partial charge in [-0.2, -0.15) is 0 Å². The molecule has 0 rings (SSSR count). The fourth-order valence-corrected chi connectivity index (χ4v) is 2.66. The minimum Gasteiger partial charge on any atom is -0.356 e. The van der Waals surface area contributed by atoms with E-state index < -0.39 is 0 Å². The van der Waals surface area contributed by atoms with Crippen LogP contribution in [0.15, 0.2) is 0 Å². The number of unbranched alkanes of at least 4 members (excludes halogenated alkanes) is 9. The maximum atomic E-state index is 11.5. The summed E-state index contributed by atoms with van der Waals surface area (Å²) in [5, 5.41) is 6.00. The van der Waals surface area contributed by atoms with Gasteiger partial charge in [0.05, 0.1) is 0 Å². The number of carbonyl (C=O) groups excluding carboxylic acids is 2. The van der Waals surface area contributed by atoms with E-state index in [0.717, 1.165) is 64.5 Å². The molecule has 0 aliphatic rings. The maximum Gasteiger partial charge on any atom is 0.219 e. The van der Waals surface area contributed by atoms with E-state index in [0.29, 0.717) is 12.8 Å². The summed E-state index contributed by atoms with van der Waals surface area (Å²) in [6.45, 7) is 5.94. The molecule has 0 aliphatic carbocycles. The molecule has 4 heteroatoms. The molecule has 24 heavy (non-hydrogen) atoms.